The Morgan fingerprint density at radius 1 is 0.949 bits per heavy atom. The molecule has 0 spiro atoms. The Hall–Kier alpha value is -2.59. The molecule has 0 bridgehead atoms. The van der Waals surface area contributed by atoms with Gasteiger partial charge < -0.3 is 10.2 Å². The number of sulfonamides is 1. The van der Waals surface area contributed by atoms with Gasteiger partial charge in [0, 0.05) is 17.1 Å². The number of nitrogens with zero attached hydrogens (tertiary/aromatic N) is 2. The van der Waals surface area contributed by atoms with Crippen molar-refractivity contribution < 1.29 is 18.0 Å². The third-order valence-electron chi connectivity index (χ3n) is 6.21. The van der Waals surface area contributed by atoms with Crippen LogP contribution in [-0.2, 0) is 26.2 Å². The van der Waals surface area contributed by atoms with Crippen LogP contribution >= 0.6 is 39.1 Å². The second kappa shape index (κ2) is 13.7. The van der Waals surface area contributed by atoms with Gasteiger partial charge in [-0.2, -0.15) is 0 Å². The van der Waals surface area contributed by atoms with Crippen LogP contribution in [0.25, 0.3) is 0 Å². The molecule has 11 heteroatoms. The second-order valence-electron chi connectivity index (χ2n) is 9.07. The predicted molar refractivity (Wildman–Crippen MR) is 159 cm³/mol. The van der Waals surface area contributed by atoms with Crippen molar-refractivity contribution in [2.75, 3.05) is 10.8 Å². The number of hydrogen-bond acceptors (Lipinski definition) is 4. The van der Waals surface area contributed by atoms with Gasteiger partial charge in [0.2, 0.25) is 11.8 Å². The summed E-state index contributed by atoms with van der Waals surface area (Å²) in [6.45, 7) is 4.98. The van der Waals surface area contributed by atoms with Crippen LogP contribution in [0.2, 0.25) is 10.0 Å². The first kappa shape index (κ1) is 30.9. The SMILES string of the molecule is CCC(C)NC(=O)C(C)N(Cc1cccc(Br)c1)C(=O)CN(c1ccc(Cl)c(Cl)c1)S(=O)(=O)c1ccccc1. The van der Waals surface area contributed by atoms with Crippen molar-refractivity contribution in [3.05, 3.63) is 92.9 Å². The lowest BCUT2D eigenvalue weighted by atomic mass is 10.1. The van der Waals surface area contributed by atoms with Crippen LogP contribution < -0.4 is 9.62 Å². The number of halogens is 3. The molecule has 39 heavy (non-hydrogen) atoms. The maximum absolute atomic E-state index is 13.9. The molecule has 3 aromatic rings. The van der Waals surface area contributed by atoms with Gasteiger partial charge in [-0.1, -0.05) is 76.4 Å². The van der Waals surface area contributed by atoms with Gasteiger partial charge >= 0.3 is 0 Å². The van der Waals surface area contributed by atoms with Crippen LogP contribution in [-0.4, -0.2) is 43.8 Å². The molecule has 0 saturated heterocycles. The first-order chi connectivity index (χ1) is 18.4. The zero-order chi connectivity index (χ0) is 28.7. The van der Waals surface area contributed by atoms with E-state index in [4.69, 9.17) is 23.2 Å². The number of carbonyl (C=O) groups is 2. The number of amides is 2. The number of nitrogens with one attached hydrogen (secondary N) is 1. The lowest BCUT2D eigenvalue weighted by Crippen LogP contribution is -2.52. The fourth-order valence-corrected chi connectivity index (χ4v) is 5.93. The lowest BCUT2D eigenvalue weighted by molar-refractivity contribution is -0.139. The van der Waals surface area contributed by atoms with E-state index in [1.165, 1.54) is 35.2 Å². The van der Waals surface area contributed by atoms with Gasteiger partial charge in [0.05, 0.1) is 20.6 Å². The molecule has 3 rings (SSSR count). The minimum absolute atomic E-state index is 0.00461. The molecule has 7 nitrogen and oxygen atoms in total. The number of benzene rings is 3. The van der Waals surface area contributed by atoms with E-state index in [0.29, 0.717) is 0 Å². The maximum atomic E-state index is 13.9. The van der Waals surface area contributed by atoms with Gasteiger partial charge in [-0.25, -0.2) is 8.42 Å². The number of carbonyl (C=O) groups excluding carboxylic acids is 2. The van der Waals surface area contributed by atoms with Gasteiger partial charge in [0.1, 0.15) is 12.6 Å². The smallest absolute Gasteiger partial charge is 0.264 e. The summed E-state index contributed by atoms with van der Waals surface area (Å²) < 4.78 is 29.3. The molecule has 0 aliphatic heterocycles. The van der Waals surface area contributed by atoms with Gasteiger partial charge in [0.25, 0.3) is 10.0 Å². The number of anilines is 1. The third kappa shape index (κ3) is 7.97. The summed E-state index contributed by atoms with van der Waals surface area (Å²) in [6, 6.07) is 18.6. The molecule has 2 amide bonds. The normalized spacial score (nSPS) is 12.9. The summed E-state index contributed by atoms with van der Waals surface area (Å²) in [4.78, 5) is 28.4. The standard InChI is InChI=1S/C28H30BrCl2N3O4S/c1-4-19(2)32-28(36)20(3)33(17-21-9-8-10-22(29)15-21)27(35)18-34(23-13-14-25(30)26(31)16-23)39(37,38)24-11-6-5-7-12-24/h5-16,19-20H,4,17-18H2,1-3H3,(H,32,36). The molecule has 0 fully saturated rings. The Morgan fingerprint density at radius 3 is 2.26 bits per heavy atom. The number of rotatable bonds is 11. The van der Waals surface area contributed by atoms with Gasteiger partial charge in [-0.05, 0) is 68.3 Å². The molecular formula is C28H30BrCl2N3O4S. The first-order valence-corrected chi connectivity index (χ1v) is 15.3. The average Bonchev–Trinajstić information content (AvgIpc) is 2.91. The minimum atomic E-state index is -4.18. The third-order valence-corrected chi connectivity index (χ3v) is 9.23. The van der Waals surface area contributed by atoms with Crippen LogP contribution in [0.4, 0.5) is 5.69 Å². The lowest BCUT2D eigenvalue weighted by Gasteiger charge is -2.32. The zero-order valence-electron chi connectivity index (χ0n) is 21.8. The van der Waals surface area contributed by atoms with Crippen molar-refractivity contribution in [1.29, 1.82) is 0 Å². The maximum Gasteiger partial charge on any atom is 0.264 e. The van der Waals surface area contributed by atoms with E-state index in [1.807, 2.05) is 38.1 Å². The number of hydrogen-bond donors (Lipinski definition) is 1. The quantitative estimate of drug-likeness (QED) is 0.264. The summed E-state index contributed by atoms with van der Waals surface area (Å²) in [7, 11) is -4.18. The molecule has 0 aliphatic carbocycles. The topological polar surface area (TPSA) is 86.8 Å². The van der Waals surface area contributed by atoms with Crippen molar-refractivity contribution in [3.63, 3.8) is 0 Å². The van der Waals surface area contributed by atoms with Crippen molar-refractivity contribution in [3.8, 4) is 0 Å². The summed E-state index contributed by atoms with van der Waals surface area (Å²) in [5, 5.41) is 3.30. The van der Waals surface area contributed by atoms with Crippen molar-refractivity contribution >= 4 is 66.7 Å². The Balaban J connectivity index is 2.04. The highest BCUT2D eigenvalue weighted by Gasteiger charge is 2.33. The molecule has 0 saturated carbocycles. The Kier molecular flexibility index (Phi) is 10.8. The van der Waals surface area contributed by atoms with Crippen molar-refractivity contribution in [2.24, 2.45) is 0 Å². The van der Waals surface area contributed by atoms with Crippen LogP contribution in [0.5, 0.6) is 0 Å². The zero-order valence-corrected chi connectivity index (χ0v) is 25.7. The van der Waals surface area contributed by atoms with E-state index in [0.717, 1.165) is 20.8 Å². The van der Waals surface area contributed by atoms with E-state index in [2.05, 4.69) is 21.2 Å². The van der Waals surface area contributed by atoms with E-state index in [9.17, 15) is 18.0 Å². The monoisotopic (exact) mass is 653 g/mol. The Morgan fingerprint density at radius 2 is 1.64 bits per heavy atom. The van der Waals surface area contributed by atoms with Crippen LogP contribution in [0.3, 0.4) is 0 Å². The minimum Gasteiger partial charge on any atom is -0.352 e. The van der Waals surface area contributed by atoms with Crippen molar-refractivity contribution in [2.45, 2.75) is 50.7 Å². The molecule has 2 atom stereocenters. The fraction of sp³-hybridized carbons (Fsp3) is 0.286. The summed E-state index contributed by atoms with van der Waals surface area (Å²) in [5.41, 5.74) is 0.939. The van der Waals surface area contributed by atoms with Crippen molar-refractivity contribution in [1.82, 2.24) is 10.2 Å². The molecule has 3 aromatic carbocycles. The summed E-state index contributed by atoms with van der Waals surface area (Å²) in [5.74, 6) is -0.896. The van der Waals surface area contributed by atoms with Gasteiger partial charge in [-0.15, -0.1) is 0 Å². The second-order valence-corrected chi connectivity index (χ2v) is 12.7. The van der Waals surface area contributed by atoms with Crippen LogP contribution in [0.15, 0.2) is 82.2 Å². The molecule has 0 aromatic heterocycles. The predicted octanol–water partition coefficient (Wildman–Crippen LogP) is 6.28. The fourth-order valence-electron chi connectivity index (χ4n) is 3.77. The molecule has 0 radical (unpaired) electrons. The average molecular weight is 655 g/mol. The highest BCUT2D eigenvalue weighted by Crippen LogP contribution is 2.31. The van der Waals surface area contributed by atoms with E-state index in [1.54, 1.807) is 25.1 Å². The molecule has 1 N–H and O–H groups in total. The largest absolute Gasteiger partial charge is 0.352 e. The molecule has 208 valence electrons. The van der Waals surface area contributed by atoms with E-state index >= 15 is 0 Å². The van der Waals surface area contributed by atoms with E-state index in [-0.39, 0.29) is 39.1 Å². The summed E-state index contributed by atoms with van der Waals surface area (Å²) >= 11 is 15.7. The van der Waals surface area contributed by atoms with E-state index < -0.39 is 28.5 Å². The Labute approximate surface area is 248 Å². The molecule has 2 unspecified atom stereocenters. The van der Waals surface area contributed by atoms with Gasteiger partial charge in [-0.3, -0.25) is 13.9 Å². The molecule has 0 aliphatic rings. The van der Waals surface area contributed by atoms with Crippen LogP contribution in [0, 0.1) is 0 Å². The molecular weight excluding hydrogens is 625 g/mol. The highest BCUT2D eigenvalue weighted by molar-refractivity contribution is 9.10. The summed E-state index contributed by atoms with van der Waals surface area (Å²) in [6.07, 6.45) is 0.721. The van der Waals surface area contributed by atoms with Crippen LogP contribution in [0.1, 0.15) is 32.8 Å². The molecule has 0 heterocycles. The first-order valence-electron chi connectivity index (χ1n) is 12.3. The highest BCUT2D eigenvalue weighted by atomic mass is 79.9. The Bertz CT molecular complexity index is 1420. The van der Waals surface area contributed by atoms with Gasteiger partial charge in [0.15, 0.2) is 0 Å².